The zero-order valence-electron chi connectivity index (χ0n) is 13.1. The molecule has 1 rings (SSSR count). The molecule has 0 aromatic carbocycles. The van der Waals surface area contributed by atoms with Crippen LogP contribution in [0.3, 0.4) is 0 Å². The van der Waals surface area contributed by atoms with E-state index in [0.717, 1.165) is 0 Å². The summed E-state index contributed by atoms with van der Waals surface area (Å²) < 4.78 is 0. The van der Waals surface area contributed by atoms with E-state index in [1.807, 2.05) is 0 Å². The first-order valence-electron chi connectivity index (χ1n) is 8.06. The number of nitrogens with one attached hydrogen (secondary N) is 1. The van der Waals surface area contributed by atoms with E-state index in [1.54, 1.807) is 0 Å². The molecule has 0 bridgehead atoms. The van der Waals surface area contributed by atoms with E-state index in [1.165, 1.54) is 64.7 Å². The van der Waals surface area contributed by atoms with Gasteiger partial charge in [0.15, 0.2) is 0 Å². The van der Waals surface area contributed by atoms with Gasteiger partial charge in [-0.15, -0.1) is 0 Å². The molecule has 2 nitrogen and oxygen atoms in total. The molecule has 1 aliphatic rings. The summed E-state index contributed by atoms with van der Waals surface area (Å²) in [5, 5.41) is 3.75. The van der Waals surface area contributed by atoms with Crippen molar-refractivity contribution in [3.63, 3.8) is 0 Å². The molecular formula is C16H34N2. The van der Waals surface area contributed by atoms with Crippen LogP contribution in [0.2, 0.25) is 0 Å². The maximum absolute atomic E-state index is 3.75. The largest absolute Gasteiger partial charge is 0.312 e. The molecule has 1 saturated heterocycles. The number of hydrogen-bond acceptors (Lipinski definition) is 2. The van der Waals surface area contributed by atoms with E-state index in [0.29, 0.717) is 11.5 Å². The second kappa shape index (κ2) is 8.16. The average Bonchev–Trinajstić information content (AvgIpc) is 2.34. The van der Waals surface area contributed by atoms with Gasteiger partial charge in [-0.2, -0.15) is 0 Å². The first-order valence-corrected chi connectivity index (χ1v) is 8.06. The Hall–Kier alpha value is -0.0800. The summed E-state index contributed by atoms with van der Waals surface area (Å²) in [4.78, 5) is 2.69. The lowest BCUT2D eigenvalue weighted by molar-refractivity contribution is 0.124. The molecular weight excluding hydrogens is 220 g/mol. The zero-order valence-corrected chi connectivity index (χ0v) is 13.1. The van der Waals surface area contributed by atoms with Crippen LogP contribution in [0.4, 0.5) is 0 Å². The van der Waals surface area contributed by atoms with Gasteiger partial charge in [-0.25, -0.2) is 0 Å². The summed E-state index contributed by atoms with van der Waals surface area (Å²) in [6.07, 6.45) is 8.02. The fourth-order valence-corrected chi connectivity index (χ4v) is 2.90. The molecule has 0 aliphatic carbocycles. The average molecular weight is 254 g/mol. The van der Waals surface area contributed by atoms with Crippen molar-refractivity contribution in [1.82, 2.24) is 10.2 Å². The Morgan fingerprint density at radius 1 is 1.11 bits per heavy atom. The van der Waals surface area contributed by atoms with Crippen molar-refractivity contribution in [3.8, 4) is 0 Å². The van der Waals surface area contributed by atoms with Crippen molar-refractivity contribution in [3.05, 3.63) is 0 Å². The van der Waals surface area contributed by atoms with Gasteiger partial charge in [-0.1, -0.05) is 40.5 Å². The van der Waals surface area contributed by atoms with Gasteiger partial charge in [0.05, 0.1) is 0 Å². The van der Waals surface area contributed by atoms with Crippen LogP contribution in [0.25, 0.3) is 0 Å². The van der Waals surface area contributed by atoms with Gasteiger partial charge in [0.25, 0.3) is 0 Å². The third kappa shape index (κ3) is 5.27. The lowest BCUT2D eigenvalue weighted by Gasteiger charge is -2.42. The Balaban J connectivity index is 2.46. The van der Waals surface area contributed by atoms with Crippen LogP contribution >= 0.6 is 0 Å². The Morgan fingerprint density at radius 3 is 2.22 bits per heavy atom. The van der Waals surface area contributed by atoms with Crippen molar-refractivity contribution in [2.24, 2.45) is 5.41 Å². The van der Waals surface area contributed by atoms with E-state index >= 15 is 0 Å². The quantitative estimate of drug-likeness (QED) is 0.711. The minimum absolute atomic E-state index is 0.467. The van der Waals surface area contributed by atoms with Gasteiger partial charge in [0, 0.05) is 12.6 Å². The molecule has 1 atom stereocenters. The number of unbranched alkanes of at least 4 members (excludes halogenated alkanes) is 2. The van der Waals surface area contributed by atoms with E-state index in [4.69, 9.17) is 0 Å². The van der Waals surface area contributed by atoms with Crippen LogP contribution in [0.5, 0.6) is 0 Å². The molecule has 0 spiro atoms. The topological polar surface area (TPSA) is 15.3 Å². The van der Waals surface area contributed by atoms with Gasteiger partial charge in [-0.3, -0.25) is 0 Å². The van der Waals surface area contributed by atoms with Gasteiger partial charge in [0.2, 0.25) is 0 Å². The molecule has 18 heavy (non-hydrogen) atoms. The molecule has 0 saturated carbocycles. The van der Waals surface area contributed by atoms with Crippen LogP contribution in [0.1, 0.15) is 66.2 Å². The Kier molecular flexibility index (Phi) is 7.25. The van der Waals surface area contributed by atoms with Crippen LogP contribution in [0.15, 0.2) is 0 Å². The summed E-state index contributed by atoms with van der Waals surface area (Å²) in [5.74, 6) is 0. The summed E-state index contributed by atoms with van der Waals surface area (Å²) >= 11 is 0. The first-order chi connectivity index (χ1) is 8.60. The Labute approximate surface area is 115 Å². The molecule has 1 fully saturated rings. The summed E-state index contributed by atoms with van der Waals surface area (Å²) in [7, 11) is 0. The lowest BCUT2D eigenvalue weighted by Crippen LogP contribution is -2.53. The number of nitrogens with zero attached hydrogens (tertiary/aromatic N) is 1. The third-order valence-electron chi connectivity index (χ3n) is 4.43. The fraction of sp³-hybridized carbons (Fsp3) is 1.00. The Morgan fingerprint density at radius 2 is 1.72 bits per heavy atom. The smallest absolute Gasteiger partial charge is 0.0246 e. The number of piperidine rings is 1. The highest BCUT2D eigenvalue weighted by Crippen LogP contribution is 2.30. The zero-order chi connectivity index (χ0) is 13.4. The molecule has 1 unspecified atom stereocenters. The van der Waals surface area contributed by atoms with Crippen molar-refractivity contribution >= 4 is 0 Å². The van der Waals surface area contributed by atoms with E-state index in [9.17, 15) is 0 Å². The second-order valence-electron chi connectivity index (χ2n) is 6.61. The third-order valence-corrected chi connectivity index (χ3v) is 4.43. The molecule has 0 aromatic heterocycles. The Bertz CT molecular complexity index is 205. The molecule has 0 radical (unpaired) electrons. The van der Waals surface area contributed by atoms with Crippen molar-refractivity contribution in [2.45, 2.75) is 72.3 Å². The predicted molar refractivity (Wildman–Crippen MR) is 81.1 cm³/mol. The summed E-state index contributed by atoms with van der Waals surface area (Å²) in [6.45, 7) is 14.5. The molecule has 1 aliphatic heterocycles. The van der Waals surface area contributed by atoms with Crippen LogP contribution in [0, 0.1) is 5.41 Å². The van der Waals surface area contributed by atoms with E-state index in [-0.39, 0.29) is 0 Å². The molecule has 1 N–H and O–H groups in total. The standard InChI is InChI=1S/C16H34N2/c1-5-7-12-18(13-8-6-2)14-15-16(3,4)10-9-11-17-15/h15,17H,5-14H2,1-4H3. The van der Waals surface area contributed by atoms with Crippen molar-refractivity contribution < 1.29 is 0 Å². The predicted octanol–water partition coefficient (Wildman–Crippen LogP) is 3.67. The highest BCUT2D eigenvalue weighted by atomic mass is 15.2. The van der Waals surface area contributed by atoms with Crippen LogP contribution in [-0.2, 0) is 0 Å². The van der Waals surface area contributed by atoms with Crippen molar-refractivity contribution in [1.29, 1.82) is 0 Å². The highest BCUT2D eigenvalue weighted by molar-refractivity contribution is 4.90. The monoisotopic (exact) mass is 254 g/mol. The number of hydrogen-bond donors (Lipinski definition) is 1. The van der Waals surface area contributed by atoms with Gasteiger partial charge in [-0.05, 0) is 50.7 Å². The molecule has 0 aromatic rings. The second-order valence-corrected chi connectivity index (χ2v) is 6.61. The van der Waals surface area contributed by atoms with Gasteiger partial charge >= 0.3 is 0 Å². The van der Waals surface area contributed by atoms with E-state index in [2.05, 4.69) is 37.9 Å². The van der Waals surface area contributed by atoms with E-state index < -0.39 is 0 Å². The SMILES string of the molecule is CCCCN(CCCC)CC1NCCCC1(C)C. The van der Waals surface area contributed by atoms with Gasteiger partial charge in [0.1, 0.15) is 0 Å². The molecule has 0 amide bonds. The minimum atomic E-state index is 0.467. The maximum atomic E-state index is 3.75. The van der Waals surface area contributed by atoms with Crippen molar-refractivity contribution in [2.75, 3.05) is 26.2 Å². The normalized spacial score (nSPS) is 23.5. The first kappa shape index (κ1) is 16.0. The summed E-state index contributed by atoms with van der Waals surface area (Å²) in [6, 6.07) is 0.681. The molecule has 108 valence electrons. The van der Waals surface area contributed by atoms with Crippen LogP contribution in [-0.4, -0.2) is 37.1 Å². The number of rotatable bonds is 8. The van der Waals surface area contributed by atoms with Gasteiger partial charge < -0.3 is 10.2 Å². The summed E-state index contributed by atoms with van der Waals surface area (Å²) in [5.41, 5.74) is 0.467. The molecule has 1 heterocycles. The minimum Gasteiger partial charge on any atom is -0.312 e. The fourth-order valence-electron chi connectivity index (χ4n) is 2.90. The maximum Gasteiger partial charge on any atom is 0.0246 e. The highest BCUT2D eigenvalue weighted by Gasteiger charge is 2.32. The molecule has 2 heteroatoms. The lowest BCUT2D eigenvalue weighted by atomic mass is 9.77. The van der Waals surface area contributed by atoms with Crippen LogP contribution < -0.4 is 5.32 Å².